The zero-order valence-electron chi connectivity index (χ0n) is 8.82. The number of morpholine rings is 1. The molecule has 1 fully saturated rings. The molecule has 0 aromatic heterocycles. The number of nitrogens with zero attached hydrogens (tertiary/aromatic N) is 1. The first-order valence-corrected chi connectivity index (χ1v) is 5.00. The summed E-state index contributed by atoms with van der Waals surface area (Å²) < 4.78 is 9.74. The van der Waals surface area contributed by atoms with Crippen molar-refractivity contribution in [2.45, 2.75) is 6.92 Å². The van der Waals surface area contributed by atoms with Crippen molar-refractivity contribution in [2.24, 2.45) is 0 Å². The van der Waals surface area contributed by atoms with Crippen LogP contribution in [-0.2, 0) is 14.3 Å². The van der Waals surface area contributed by atoms with Crippen molar-refractivity contribution in [1.82, 2.24) is 10.2 Å². The molecule has 1 rings (SSSR count). The van der Waals surface area contributed by atoms with Crippen LogP contribution in [0.5, 0.6) is 0 Å². The second-order valence-electron chi connectivity index (χ2n) is 3.07. The highest BCUT2D eigenvalue weighted by Crippen LogP contribution is 1.96. The molecule has 0 unspecified atom stereocenters. The smallest absolute Gasteiger partial charge is 0.407 e. The Morgan fingerprint density at radius 2 is 2.07 bits per heavy atom. The molecule has 0 saturated carbocycles. The topological polar surface area (TPSA) is 67.9 Å². The van der Waals surface area contributed by atoms with Crippen LogP contribution in [0.15, 0.2) is 0 Å². The number of alkyl carbamates (subject to hydrolysis) is 1. The van der Waals surface area contributed by atoms with Crippen LogP contribution in [0, 0.1) is 0 Å². The zero-order chi connectivity index (χ0) is 11.1. The number of ether oxygens (including phenoxy) is 2. The van der Waals surface area contributed by atoms with Gasteiger partial charge in [0.1, 0.15) is 6.54 Å². The Balaban J connectivity index is 2.19. The molecule has 6 heteroatoms. The molecule has 0 radical (unpaired) electrons. The van der Waals surface area contributed by atoms with Gasteiger partial charge in [-0.2, -0.15) is 0 Å². The van der Waals surface area contributed by atoms with E-state index in [-0.39, 0.29) is 12.5 Å². The van der Waals surface area contributed by atoms with Gasteiger partial charge in [0.05, 0.1) is 19.8 Å². The van der Waals surface area contributed by atoms with Gasteiger partial charge in [0.25, 0.3) is 0 Å². The van der Waals surface area contributed by atoms with Gasteiger partial charge in [-0.3, -0.25) is 4.79 Å². The fourth-order valence-corrected chi connectivity index (χ4v) is 1.25. The molecule has 0 bridgehead atoms. The van der Waals surface area contributed by atoms with E-state index >= 15 is 0 Å². The predicted octanol–water partition coefficient (Wildman–Crippen LogP) is -0.409. The predicted molar refractivity (Wildman–Crippen MR) is 52.4 cm³/mol. The van der Waals surface area contributed by atoms with E-state index in [0.29, 0.717) is 32.9 Å². The highest BCUT2D eigenvalue weighted by atomic mass is 16.5. The van der Waals surface area contributed by atoms with E-state index in [2.05, 4.69) is 10.1 Å². The van der Waals surface area contributed by atoms with E-state index in [1.807, 2.05) is 0 Å². The molecule has 15 heavy (non-hydrogen) atoms. The Hall–Kier alpha value is -1.30. The molecule has 1 aliphatic heterocycles. The van der Waals surface area contributed by atoms with Crippen LogP contribution in [0.3, 0.4) is 0 Å². The Bertz CT molecular complexity index is 226. The monoisotopic (exact) mass is 216 g/mol. The van der Waals surface area contributed by atoms with Crippen LogP contribution in [0.25, 0.3) is 0 Å². The lowest BCUT2D eigenvalue weighted by atomic mass is 10.4. The maximum absolute atomic E-state index is 11.5. The molecule has 1 aliphatic rings. The lowest BCUT2D eigenvalue weighted by Crippen LogP contribution is -2.45. The molecule has 0 aromatic rings. The van der Waals surface area contributed by atoms with Gasteiger partial charge in [0.15, 0.2) is 0 Å². The first kappa shape index (κ1) is 11.8. The third-order valence-corrected chi connectivity index (χ3v) is 2.02. The maximum atomic E-state index is 11.5. The highest BCUT2D eigenvalue weighted by molar-refractivity contribution is 5.82. The minimum absolute atomic E-state index is 0.0150. The number of carbonyl (C=O) groups excluding carboxylic acids is 2. The molecular weight excluding hydrogens is 200 g/mol. The third-order valence-electron chi connectivity index (χ3n) is 2.02. The molecule has 1 heterocycles. The number of hydrogen-bond acceptors (Lipinski definition) is 4. The first-order chi connectivity index (χ1) is 7.24. The summed E-state index contributed by atoms with van der Waals surface area (Å²) in [6.45, 7) is 4.29. The van der Waals surface area contributed by atoms with Gasteiger partial charge in [-0.15, -0.1) is 0 Å². The van der Waals surface area contributed by atoms with Crippen molar-refractivity contribution >= 4 is 12.0 Å². The summed E-state index contributed by atoms with van der Waals surface area (Å²) in [5, 5.41) is 2.39. The molecule has 1 saturated heterocycles. The van der Waals surface area contributed by atoms with Crippen LogP contribution in [0.2, 0.25) is 0 Å². The average molecular weight is 216 g/mol. The van der Waals surface area contributed by atoms with Crippen LogP contribution in [0.4, 0.5) is 4.79 Å². The van der Waals surface area contributed by atoms with E-state index in [1.165, 1.54) is 0 Å². The van der Waals surface area contributed by atoms with E-state index in [0.717, 1.165) is 0 Å². The quantitative estimate of drug-likeness (QED) is 0.696. The van der Waals surface area contributed by atoms with Gasteiger partial charge >= 0.3 is 6.09 Å². The van der Waals surface area contributed by atoms with Crippen LogP contribution in [0.1, 0.15) is 6.92 Å². The van der Waals surface area contributed by atoms with Crippen molar-refractivity contribution < 1.29 is 19.1 Å². The van der Waals surface area contributed by atoms with Gasteiger partial charge < -0.3 is 19.7 Å². The maximum Gasteiger partial charge on any atom is 0.407 e. The van der Waals surface area contributed by atoms with E-state index in [1.54, 1.807) is 11.8 Å². The summed E-state index contributed by atoms with van der Waals surface area (Å²) in [5.74, 6) is -0.105. The summed E-state index contributed by atoms with van der Waals surface area (Å²) in [4.78, 5) is 24.1. The van der Waals surface area contributed by atoms with Gasteiger partial charge in [-0.05, 0) is 6.92 Å². The number of rotatable bonds is 3. The molecule has 0 aliphatic carbocycles. The molecule has 0 aromatic carbocycles. The van der Waals surface area contributed by atoms with Crippen LogP contribution in [-0.4, -0.2) is 56.4 Å². The largest absolute Gasteiger partial charge is 0.450 e. The average Bonchev–Trinajstić information content (AvgIpc) is 2.27. The van der Waals surface area contributed by atoms with Gasteiger partial charge in [-0.1, -0.05) is 0 Å². The lowest BCUT2D eigenvalue weighted by Gasteiger charge is -2.26. The normalized spacial score (nSPS) is 15.9. The van der Waals surface area contributed by atoms with Gasteiger partial charge in [0, 0.05) is 13.1 Å². The van der Waals surface area contributed by atoms with Crippen molar-refractivity contribution in [3.05, 3.63) is 0 Å². The standard InChI is InChI=1S/C9H16N2O4/c1-2-15-9(13)10-7-8(12)11-3-5-14-6-4-11/h2-7H2,1H3,(H,10,13). The molecule has 2 amide bonds. The Morgan fingerprint density at radius 1 is 1.40 bits per heavy atom. The lowest BCUT2D eigenvalue weighted by molar-refractivity contribution is -0.134. The minimum Gasteiger partial charge on any atom is -0.450 e. The molecule has 0 spiro atoms. The molecular formula is C9H16N2O4. The third kappa shape index (κ3) is 4.16. The number of amides is 2. The Kier molecular flexibility index (Phi) is 4.89. The summed E-state index contributed by atoms with van der Waals surface area (Å²) in [5.41, 5.74) is 0. The Morgan fingerprint density at radius 3 is 2.67 bits per heavy atom. The fourth-order valence-electron chi connectivity index (χ4n) is 1.25. The fraction of sp³-hybridized carbons (Fsp3) is 0.778. The summed E-state index contributed by atoms with van der Waals surface area (Å²) in [6, 6.07) is 0. The van der Waals surface area contributed by atoms with E-state index in [9.17, 15) is 9.59 Å². The summed E-state index contributed by atoms with van der Waals surface area (Å²) >= 11 is 0. The molecule has 1 N–H and O–H groups in total. The summed E-state index contributed by atoms with van der Waals surface area (Å²) in [7, 11) is 0. The molecule has 86 valence electrons. The van der Waals surface area contributed by atoms with E-state index in [4.69, 9.17) is 4.74 Å². The van der Waals surface area contributed by atoms with E-state index < -0.39 is 6.09 Å². The van der Waals surface area contributed by atoms with Crippen molar-refractivity contribution in [2.75, 3.05) is 39.5 Å². The van der Waals surface area contributed by atoms with Crippen molar-refractivity contribution in [3.8, 4) is 0 Å². The second kappa shape index (κ2) is 6.23. The zero-order valence-corrected chi connectivity index (χ0v) is 8.82. The number of carbonyl (C=O) groups is 2. The Labute approximate surface area is 88.5 Å². The summed E-state index contributed by atoms with van der Waals surface area (Å²) in [6.07, 6.45) is -0.556. The first-order valence-electron chi connectivity index (χ1n) is 5.00. The SMILES string of the molecule is CCOC(=O)NCC(=O)N1CCOCC1. The van der Waals surface area contributed by atoms with Gasteiger partial charge in [0.2, 0.25) is 5.91 Å². The molecule has 0 atom stereocenters. The second-order valence-corrected chi connectivity index (χ2v) is 3.07. The highest BCUT2D eigenvalue weighted by Gasteiger charge is 2.17. The van der Waals surface area contributed by atoms with Crippen molar-refractivity contribution in [1.29, 1.82) is 0 Å². The van der Waals surface area contributed by atoms with Crippen LogP contribution < -0.4 is 5.32 Å². The minimum atomic E-state index is -0.556. The van der Waals surface area contributed by atoms with Crippen LogP contribution >= 0.6 is 0 Å². The number of nitrogens with one attached hydrogen (secondary N) is 1. The van der Waals surface area contributed by atoms with Crippen molar-refractivity contribution in [3.63, 3.8) is 0 Å². The molecule has 6 nitrogen and oxygen atoms in total. The number of hydrogen-bond donors (Lipinski definition) is 1. The van der Waals surface area contributed by atoms with Gasteiger partial charge in [-0.25, -0.2) is 4.79 Å².